The molecule has 1 saturated heterocycles. The number of sulfonamides is 1. The number of furan rings is 1. The van der Waals surface area contributed by atoms with Gasteiger partial charge >= 0.3 is 0 Å². The molecule has 1 fully saturated rings. The largest absolute Gasteiger partial charge is 0.494 e. The quantitative estimate of drug-likeness (QED) is 0.543. The maximum atomic E-state index is 13.0. The first-order valence-electron chi connectivity index (χ1n) is 10.8. The molecule has 2 heterocycles. The molecule has 3 aromatic rings. The highest BCUT2D eigenvalue weighted by molar-refractivity contribution is 7.92. The van der Waals surface area contributed by atoms with E-state index in [1.807, 2.05) is 19.1 Å². The Morgan fingerprint density at radius 2 is 1.79 bits per heavy atom. The number of rotatable bonds is 8. The molecule has 1 aromatic heterocycles. The minimum atomic E-state index is -3.79. The Balaban J connectivity index is 1.38. The van der Waals surface area contributed by atoms with Crippen LogP contribution in [0.1, 0.15) is 23.0 Å². The van der Waals surface area contributed by atoms with Crippen molar-refractivity contribution in [1.29, 1.82) is 0 Å². The van der Waals surface area contributed by atoms with Crippen LogP contribution >= 0.6 is 0 Å². The van der Waals surface area contributed by atoms with Gasteiger partial charge in [0.15, 0.2) is 0 Å². The third-order valence-electron chi connectivity index (χ3n) is 5.43. The molecule has 0 aliphatic carbocycles. The summed E-state index contributed by atoms with van der Waals surface area (Å²) in [5.41, 5.74) is 0.785. The average Bonchev–Trinajstić information content (AvgIpc) is 3.33. The number of nitrogens with one attached hydrogen (secondary N) is 1. The highest BCUT2D eigenvalue weighted by atomic mass is 32.2. The van der Waals surface area contributed by atoms with Crippen LogP contribution in [0.15, 0.2) is 76.2 Å². The van der Waals surface area contributed by atoms with Gasteiger partial charge in [0.1, 0.15) is 11.5 Å². The molecule has 1 aliphatic heterocycles. The van der Waals surface area contributed by atoms with Gasteiger partial charge in [0, 0.05) is 37.4 Å². The van der Waals surface area contributed by atoms with Gasteiger partial charge in [0.2, 0.25) is 0 Å². The van der Waals surface area contributed by atoms with Crippen molar-refractivity contribution in [3.63, 3.8) is 0 Å². The molecule has 4 rings (SSSR count). The Morgan fingerprint density at radius 3 is 2.45 bits per heavy atom. The van der Waals surface area contributed by atoms with E-state index < -0.39 is 10.0 Å². The zero-order chi connectivity index (χ0) is 23.3. The highest BCUT2D eigenvalue weighted by Gasteiger charge is 2.23. The number of benzene rings is 2. The number of carbonyl (C=O) groups is 1. The molecule has 1 N–H and O–H groups in total. The lowest BCUT2D eigenvalue weighted by molar-refractivity contribution is 0.0620. The van der Waals surface area contributed by atoms with Crippen LogP contribution in [0.3, 0.4) is 0 Å². The van der Waals surface area contributed by atoms with Gasteiger partial charge in [-0.15, -0.1) is 0 Å². The second kappa shape index (κ2) is 10.1. The molecule has 0 bridgehead atoms. The van der Waals surface area contributed by atoms with Crippen LogP contribution in [0.4, 0.5) is 5.69 Å². The van der Waals surface area contributed by atoms with Crippen LogP contribution < -0.4 is 9.46 Å². The molecule has 33 heavy (non-hydrogen) atoms. The Morgan fingerprint density at radius 1 is 1.03 bits per heavy atom. The predicted octanol–water partition coefficient (Wildman–Crippen LogP) is 3.44. The zero-order valence-electron chi connectivity index (χ0n) is 18.4. The zero-order valence-corrected chi connectivity index (χ0v) is 19.3. The second-order valence-corrected chi connectivity index (χ2v) is 9.42. The number of hydrogen-bond acceptors (Lipinski definition) is 6. The van der Waals surface area contributed by atoms with E-state index >= 15 is 0 Å². The summed E-state index contributed by atoms with van der Waals surface area (Å²) in [5, 5.41) is 0. The lowest BCUT2D eigenvalue weighted by Gasteiger charge is -2.34. The van der Waals surface area contributed by atoms with Gasteiger partial charge in [-0.1, -0.05) is 6.07 Å². The summed E-state index contributed by atoms with van der Waals surface area (Å²) < 4.78 is 38.8. The minimum absolute atomic E-state index is 0.116. The molecular formula is C24H27N3O5S. The van der Waals surface area contributed by atoms with Crippen molar-refractivity contribution in [3.05, 3.63) is 78.3 Å². The molecule has 174 valence electrons. The average molecular weight is 470 g/mol. The third kappa shape index (κ3) is 5.74. The molecule has 0 spiro atoms. The fraction of sp³-hybridized carbons (Fsp3) is 0.292. The standard InChI is InChI=1S/C24H27N3O5S/c1-2-31-21-8-10-23(11-9-21)33(29,30)25-20-6-3-5-19(17-20)24(28)27-14-12-26(13-15-27)18-22-7-4-16-32-22/h3-11,16-17,25H,2,12-15,18H2,1H3. The van der Waals surface area contributed by atoms with Gasteiger partial charge in [-0.3, -0.25) is 14.4 Å². The number of anilines is 1. The van der Waals surface area contributed by atoms with Crippen molar-refractivity contribution < 1.29 is 22.4 Å². The third-order valence-corrected chi connectivity index (χ3v) is 6.82. The highest BCUT2D eigenvalue weighted by Crippen LogP contribution is 2.21. The molecule has 9 heteroatoms. The monoisotopic (exact) mass is 469 g/mol. The van der Waals surface area contributed by atoms with Gasteiger partial charge < -0.3 is 14.1 Å². The fourth-order valence-corrected chi connectivity index (χ4v) is 4.78. The minimum Gasteiger partial charge on any atom is -0.494 e. The Kier molecular flexibility index (Phi) is 7.00. The van der Waals surface area contributed by atoms with Crippen LogP contribution in [0.2, 0.25) is 0 Å². The van der Waals surface area contributed by atoms with Crippen LogP contribution in [-0.2, 0) is 16.6 Å². The molecule has 8 nitrogen and oxygen atoms in total. The van der Waals surface area contributed by atoms with E-state index in [9.17, 15) is 13.2 Å². The van der Waals surface area contributed by atoms with E-state index in [-0.39, 0.29) is 10.8 Å². The number of hydrogen-bond donors (Lipinski definition) is 1. The Bertz CT molecular complexity index is 1170. The SMILES string of the molecule is CCOc1ccc(S(=O)(=O)Nc2cccc(C(=O)N3CCN(Cc4ccco4)CC3)c2)cc1. The second-order valence-electron chi connectivity index (χ2n) is 7.74. The fourth-order valence-electron chi connectivity index (χ4n) is 3.73. The van der Waals surface area contributed by atoms with Gasteiger partial charge in [-0.05, 0) is 61.5 Å². The first-order valence-corrected chi connectivity index (χ1v) is 12.3. The summed E-state index contributed by atoms with van der Waals surface area (Å²) in [5.74, 6) is 1.39. The van der Waals surface area contributed by atoms with Crippen molar-refractivity contribution in [3.8, 4) is 5.75 Å². The maximum Gasteiger partial charge on any atom is 0.261 e. The predicted molar refractivity (Wildman–Crippen MR) is 125 cm³/mol. The molecule has 2 aromatic carbocycles. The summed E-state index contributed by atoms with van der Waals surface area (Å²) in [7, 11) is -3.79. The van der Waals surface area contributed by atoms with Crippen LogP contribution in [-0.4, -0.2) is 56.9 Å². The number of carbonyl (C=O) groups excluding carboxylic acids is 1. The topological polar surface area (TPSA) is 92.1 Å². The summed E-state index contributed by atoms with van der Waals surface area (Å²) in [6.07, 6.45) is 1.66. The van der Waals surface area contributed by atoms with Crippen molar-refractivity contribution >= 4 is 21.6 Å². The smallest absolute Gasteiger partial charge is 0.261 e. The normalized spacial score (nSPS) is 14.8. The number of amides is 1. The van der Waals surface area contributed by atoms with Crippen LogP contribution in [0.5, 0.6) is 5.75 Å². The Labute approximate surface area is 193 Å². The molecular weight excluding hydrogens is 442 g/mol. The van der Waals surface area contributed by atoms with E-state index in [0.717, 1.165) is 25.4 Å². The van der Waals surface area contributed by atoms with Gasteiger partial charge in [0.25, 0.3) is 15.9 Å². The van der Waals surface area contributed by atoms with E-state index in [0.29, 0.717) is 36.7 Å². The molecule has 0 radical (unpaired) electrons. The summed E-state index contributed by atoms with van der Waals surface area (Å²) in [6, 6.07) is 16.6. The lowest BCUT2D eigenvalue weighted by atomic mass is 10.1. The molecule has 1 amide bonds. The van der Waals surface area contributed by atoms with E-state index in [1.54, 1.807) is 47.6 Å². The van der Waals surface area contributed by atoms with Crippen molar-refractivity contribution in [2.45, 2.75) is 18.4 Å². The van der Waals surface area contributed by atoms with Gasteiger partial charge in [0.05, 0.1) is 24.3 Å². The molecule has 0 unspecified atom stereocenters. The van der Waals surface area contributed by atoms with Crippen molar-refractivity contribution in [2.75, 3.05) is 37.5 Å². The summed E-state index contributed by atoms with van der Waals surface area (Å²) >= 11 is 0. The number of ether oxygens (including phenoxy) is 1. The van der Waals surface area contributed by atoms with Crippen LogP contribution in [0, 0.1) is 0 Å². The van der Waals surface area contributed by atoms with E-state index in [1.165, 1.54) is 12.1 Å². The van der Waals surface area contributed by atoms with E-state index in [2.05, 4.69) is 9.62 Å². The molecule has 0 saturated carbocycles. The first kappa shape index (κ1) is 22.9. The van der Waals surface area contributed by atoms with Gasteiger partial charge in [-0.2, -0.15) is 0 Å². The van der Waals surface area contributed by atoms with E-state index in [4.69, 9.17) is 9.15 Å². The number of nitrogens with zero attached hydrogens (tertiary/aromatic N) is 2. The van der Waals surface area contributed by atoms with Crippen molar-refractivity contribution in [2.24, 2.45) is 0 Å². The Hall–Kier alpha value is -3.30. The molecule has 0 atom stereocenters. The first-order chi connectivity index (χ1) is 15.9. The summed E-state index contributed by atoms with van der Waals surface area (Å²) in [4.78, 5) is 17.2. The van der Waals surface area contributed by atoms with Crippen LogP contribution in [0.25, 0.3) is 0 Å². The lowest BCUT2D eigenvalue weighted by Crippen LogP contribution is -2.48. The molecule has 1 aliphatic rings. The number of piperazine rings is 1. The van der Waals surface area contributed by atoms with Gasteiger partial charge in [-0.25, -0.2) is 8.42 Å². The maximum absolute atomic E-state index is 13.0. The van der Waals surface area contributed by atoms with Crippen molar-refractivity contribution in [1.82, 2.24) is 9.80 Å². The summed E-state index contributed by atoms with van der Waals surface area (Å²) in [6.45, 7) is 5.78.